The van der Waals surface area contributed by atoms with E-state index in [-0.39, 0.29) is 17.6 Å². The lowest BCUT2D eigenvalue weighted by Crippen LogP contribution is -2.37. The predicted octanol–water partition coefficient (Wildman–Crippen LogP) is 3.66. The molecule has 28 heavy (non-hydrogen) atoms. The van der Waals surface area contributed by atoms with Gasteiger partial charge in [-0.05, 0) is 32.3 Å². The Morgan fingerprint density at radius 1 is 1.21 bits per heavy atom. The number of nitrogens with one attached hydrogen (secondary N) is 1. The van der Waals surface area contributed by atoms with Gasteiger partial charge in [0.05, 0.1) is 5.75 Å². The summed E-state index contributed by atoms with van der Waals surface area (Å²) in [5, 5.41) is 9.82. The zero-order valence-corrected chi connectivity index (χ0v) is 17.6. The highest BCUT2D eigenvalue weighted by Crippen LogP contribution is 2.26. The summed E-state index contributed by atoms with van der Waals surface area (Å²) in [7, 11) is -3.80. The quantitative estimate of drug-likeness (QED) is 0.743. The second kappa shape index (κ2) is 8.72. The van der Waals surface area contributed by atoms with Gasteiger partial charge >= 0.3 is 11.3 Å². The zero-order valence-electron chi connectivity index (χ0n) is 16.8. The third-order valence-electron chi connectivity index (χ3n) is 4.04. The van der Waals surface area contributed by atoms with E-state index in [0.717, 1.165) is 0 Å². The van der Waals surface area contributed by atoms with Crippen molar-refractivity contribution in [3.63, 3.8) is 0 Å². The number of hydrogen-bond acceptors (Lipinski definition) is 7. The molecule has 1 unspecified atom stereocenters. The van der Waals surface area contributed by atoms with Gasteiger partial charge in [-0.2, -0.15) is 0 Å². The van der Waals surface area contributed by atoms with Gasteiger partial charge in [-0.15, -0.1) is 5.10 Å². The molecule has 0 fully saturated rings. The van der Waals surface area contributed by atoms with Gasteiger partial charge < -0.3 is 14.5 Å². The van der Waals surface area contributed by atoms with E-state index in [9.17, 15) is 13.2 Å². The van der Waals surface area contributed by atoms with Crippen LogP contribution in [0.2, 0.25) is 0 Å². The van der Waals surface area contributed by atoms with Crippen molar-refractivity contribution in [3.8, 4) is 0 Å². The fraction of sp³-hybridized carbons (Fsp3) is 0.526. The van der Waals surface area contributed by atoms with Crippen molar-refractivity contribution in [3.05, 3.63) is 41.8 Å². The predicted molar refractivity (Wildman–Crippen MR) is 103 cm³/mol. The fourth-order valence-corrected chi connectivity index (χ4v) is 3.58. The maximum Gasteiger partial charge on any atom is 0.408 e. The lowest BCUT2D eigenvalue weighted by molar-refractivity contribution is 0.0473. The molecule has 0 radical (unpaired) electrons. The lowest BCUT2D eigenvalue weighted by atomic mass is 9.99. The van der Waals surface area contributed by atoms with Gasteiger partial charge in [0.25, 0.3) is 0 Å². The summed E-state index contributed by atoms with van der Waals surface area (Å²) in [5.41, 5.74) is -0.0454. The van der Waals surface area contributed by atoms with Gasteiger partial charge in [-0.3, -0.25) is 0 Å². The molecule has 2 rings (SSSR count). The van der Waals surface area contributed by atoms with Crippen molar-refractivity contribution in [2.45, 2.75) is 63.7 Å². The number of sulfone groups is 1. The zero-order chi connectivity index (χ0) is 20.9. The molecule has 2 aromatic rings. The first kappa shape index (κ1) is 21.9. The molecule has 1 aromatic heterocycles. The molecule has 0 aliphatic heterocycles. The minimum absolute atomic E-state index is 0.0341. The second-order valence-electron chi connectivity index (χ2n) is 7.66. The largest absolute Gasteiger partial charge is 0.444 e. The third kappa shape index (κ3) is 6.05. The van der Waals surface area contributed by atoms with E-state index >= 15 is 0 Å². The number of alkyl carbamates (subject to hydrolysis) is 1. The Hall–Kier alpha value is -2.42. The monoisotopic (exact) mass is 409 g/mol. The molecule has 0 aliphatic carbocycles. The van der Waals surface area contributed by atoms with Gasteiger partial charge in [-0.25, -0.2) is 13.2 Å². The summed E-state index contributed by atoms with van der Waals surface area (Å²) >= 11 is 0. The van der Waals surface area contributed by atoms with Crippen molar-refractivity contribution in [1.82, 2.24) is 15.5 Å². The van der Waals surface area contributed by atoms with Crippen molar-refractivity contribution in [1.29, 1.82) is 0 Å². The number of carbonyl (C=O) groups is 1. The molecular weight excluding hydrogens is 382 g/mol. The summed E-state index contributed by atoms with van der Waals surface area (Å²) < 4.78 is 35.9. The van der Waals surface area contributed by atoms with E-state index < -0.39 is 32.8 Å². The van der Waals surface area contributed by atoms with Gasteiger partial charge in [0.15, 0.2) is 0 Å². The molecule has 8 nitrogen and oxygen atoms in total. The number of ether oxygens (including phenoxy) is 1. The molecule has 2 atom stereocenters. The molecule has 0 saturated carbocycles. The molecule has 0 bridgehead atoms. The Morgan fingerprint density at radius 2 is 1.86 bits per heavy atom. The Morgan fingerprint density at radius 3 is 2.43 bits per heavy atom. The number of nitrogens with zero attached hydrogens (tertiary/aromatic N) is 2. The minimum Gasteiger partial charge on any atom is -0.444 e. The number of hydrogen-bond donors (Lipinski definition) is 1. The normalized spacial score (nSPS) is 14.3. The number of aromatic nitrogens is 2. The second-order valence-corrected chi connectivity index (χ2v) is 9.53. The maximum atomic E-state index is 12.6. The SMILES string of the molecule is CCC(C)[C@H](NC(=O)OC(C)(C)C)c1nnc(S(=O)(=O)Cc2ccccc2)o1. The summed E-state index contributed by atoms with van der Waals surface area (Å²) in [4.78, 5) is 12.2. The smallest absolute Gasteiger partial charge is 0.408 e. The van der Waals surface area contributed by atoms with Crippen LogP contribution in [0.25, 0.3) is 0 Å². The molecule has 1 aromatic carbocycles. The average Bonchev–Trinajstić information content (AvgIpc) is 3.09. The number of carbonyl (C=O) groups excluding carboxylic acids is 1. The van der Waals surface area contributed by atoms with Crippen LogP contribution in [0.5, 0.6) is 0 Å². The molecule has 0 aliphatic rings. The minimum atomic E-state index is -3.80. The van der Waals surface area contributed by atoms with E-state index in [1.165, 1.54) is 0 Å². The van der Waals surface area contributed by atoms with Gasteiger partial charge in [0.1, 0.15) is 11.6 Å². The topological polar surface area (TPSA) is 111 Å². The molecular formula is C19H27N3O5S. The van der Waals surface area contributed by atoms with Gasteiger partial charge in [0.2, 0.25) is 15.7 Å². The van der Waals surface area contributed by atoms with E-state index in [1.807, 2.05) is 13.8 Å². The van der Waals surface area contributed by atoms with Crippen LogP contribution in [0.4, 0.5) is 4.79 Å². The van der Waals surface area contributed by atoms with Crippen LogP contribution in [0.3, 0.4) is 0 Å². The Balaban J connectivity index is 2.22. The van der Waals surface area contributed by atoms with E-state index in [4.69, 9.17) is 9.15 Å². The molecule has 1 N–H and O–H groups in total. The van der Waals surface area contributed by atoms with Crippen LogP contribution < -0.4 is 5.32 Å². The van der Waals surface area contributed by atoms with Crippen molar-refractivity contribution in [2.24, 2.45) is 5.92 Å². The van der Waals surface area contributed by atoms with Crippen molar-refractivity contribution >= 4 is 15.9 Å². The first-order chi connectivity index (χ1) is 13.0. The van der Waals surface area contributed by atoms with Crippen LogP contribution in [0.15, 0.2) is 40.0 Å². The molecule has 0 saturated heterocycles. The van der Waals surface area contributed by atoms with E-state index in [1.54, 1.807) is 51.1 Å². The summed E-state index contributed by atoms with van der Waals surface area (Å²) in [6.07, 6.45) is 0.0688. The Labute approximate surface area is 165 Å². The Kier molecular flexibility index (Phi) is 6.82. The molecule has 0 spiro atoms. The molecule has 1 heterocycles. The number of amides is 1. The van der Waals surface area contributed by atoms with E-state index in [0.29, 0.717) is 12.0 Å². The van der Waals surface area contributed by atoms with Crippen molar-refractivity contribution in [2.75, 3.05) is 0 Å². The Bertz CT molecular complexity index is 888. The highest BCUT2D eigenvalue weighted by atomic mass is 32.2. The summed E-state index contributed by atoms with van der Waals surface area (Å²) in [6.45, 7) is 9.10. The van der Waals surface area contributed by atoms with Crippen LogP contribution in [-0.4, -0.2) is 30.3 Å². The van der Waals surface area contributed by atoms with E-state index in [2.05, 4.69) is 15.5 Å². The van der Waals surface area contributed by atoms with Gasteiger partial charge in [0, 0.05) is 0 Å². The highest BCUT2D eigenvalue weighted by molar-refractivity contribution is 7.90. The van der Waals surface area contributed by atoms with Gasteiger partial charge in [-0.1, -0.05) is 55.7 Å². The highest BCUT2D eigenvalue weighted by Gasteiger charge is 2.31. The average molecular weight is 410 g/mol. The maximum absolute atomic E-state index is 12.6. The van der Waals surface area contributed by atoms with Crippen LogP contribution in [0, 0.1) is 5.92 Å². The first-order valence-electron chi connectivity index (χ1n) is 9.11. The fourth-order valence-electron chi connectivity index (χ4n) is 2.44. The summed E-state index contributed by atoms with van der Waals surface area (Å²) in [6, 6.07) is 8.08. The molecule has 154 valence electrons. The van der Waals surface area contributed by atoms with Crippen LogP contribution >= 0.6 is 0 Å². The number of benzene rings is 1. The van der Waals surface area contributed by atoms with Crippen molar-refractivity contribution < 1.29 is 22.4 Å². The number of rotatable bonds is 7. The molecule has 1 amide bonds. The first-order valence-corrected chi connectivity index (χ1v) is 10.8. The lowest BCUT2D eigenvalue weighted by Gasteiger charge is -2.24. The van der Waals surface area contributed by atoms with Crippen LogP contribution in [-0.2, 0) is 20.3 Å². The third-order valence-corrected chi connectivity index (χ3v) is 5.45. The standard InChI is InChI=1S/C19H27N3O5S/c1-6-13(2)15(20-17(23)27-19(3,4)5)16-21-22-18(26-16)28(24,25)12-14-10-8-7-9-11-14/h7-11,13,15H,6,12H2,1-5H3,(H,20,23)/t13?,15-/m0/s1. The summed E-state index contributed by atoms with van der Waals surface area (Å²) in [5.74, 6) is -0.285. The van der Waals surface area contributed by atoms with Crippen LogP contribution in [0.1, 0.15) is 58.5 Å². The molecule has 9 heteroatoms.